The molecule has 1 aromatic heterocycles. The molecule has 4 aromatic rings. The number of hydrogen-bond acceptors (Lipinski definition) is 6. The monoisotopic (exact) mass is 413 g/mol. The van der Waals surface area contributed by atoms with Crippen molar-refractivity contribution in [1.29, 1.82) is 0 Å². The normalized spacial score (nSPS) is 10.5. The Morgan fingerprint density at radius 3 is 1.93 bits per heavy atom. The summed E-state index contributed by atoms with van der Waals surface area (Å²) in [5.74, 6) is 0.207. The first-order chi connectivity index (χ1) is 14.8. The van der Waals surface area contributed by atoms with E-state index in [1.54, 1.807) is 12.1 Å². The lowest BCUT2D eigenvalue weighted by Crippen LogP contribution is -2.08. The Bertz CT molecular complexity index is 1110. The average Bonchev–Trinajstić information content (AvgIpc) is 2.83. The van der Waals surface area contributed by atoms with Crippen molar-refractivity contribution < 1.29 is 9.53 Å². The molecule has 6 heteroatoms. The Balaban J connectivity index is 1.47. The fraction of sp³-hybridized carbons (Fsp3) is 0.0833. The fourth-order valence-electron chi connectivity index (χ4n) is 2.88. The first-order valence-electron chi connectivity index (χ1n) is 9.52. The minimum Gasteiger partial charge on any atom is -0.461 e. The number of hydrogen-bond donors (Lipinski definition) is 0. The van der Waals surface area contributed by atoms with Crippen molar-refractivity contribution in [2.45, 2.75) is 5.16 Å². The van der Waals surface area contributed by atoms with Crippen LogP contribution in [0.4, 0.5) is 0 Å². The zero-order chi connectivity index (χ0) is 20.6. The van der Waals surface area contributed by atoms with Gasteiger partial charge in [0.1, 0.15) is 18.0 Å². The standard InChI is InChI=1S/C24H19N3O2S/c28-23(20-14-8-3-9-15-20)29-16-17-30-24-25-21(18-10-4-1-5-11-18)22(26-27-24)19-12-6-2-7-13-19/h1-15H,16-17H2. The molecule has 5 nitrogen and oxygen atoms in total. The largest absolute Gasteiger partial charge is 0.461 e. The molecule has 0 aliphatic rings. The van der Waals surface area contributed by atoms with Crippen LogP contribution in [0.1, 0.15) is 10.4 Å². The van der Waals surface area contributed by atoms with Crippen molar-refractivity contribution >= 4 is 17.7 Å². The van der Waals surface area contributed by atoms with Crippen LogP contribution in [0.5, 0.6) is 0 Å². The predicted molar refractivity (Wildman–Crippen MR) is 118 cm³/mol. The molecule has 148 valence electrons. The number of benzene rings is 3. The molecule has 0 N–H and O–H groups in total. The molecular weight excluding hydrogens is 394 g/mol. The van der Waals surface area contributed by atoms with Gasteiger partial charge in [-0.3, -0.25) is 0 Å². The maximum atomic E-state index is 12.0. The quantitative estimate of drug-likeness (QED) is 0.237. The van der Waals surface area contributed by atoms with Gasteiger partial charge in [-0.25, -0.2) is 9.78 Å². The Morgan fingerprint density at radius 2 is 1.30 bits per heavy atom. The summed E-state index contributed by atoms with van der Waals surface area (Å²) in [6, 6.07) is 28.8. The summed E-state index contributed by atoms with van der Waals surface area (Å²) >= 11 is 1.41. The summed E-state index contributed by atoms with van der Waals surface area (Å²) in [5, 5.41) is 9.27. The van der Waals surface area contributed by atoms with E-state index >= 15 is 0 Å². The number of thioether (sulfide) groups is 1. The van der Waals surface area contributed by atoms with Crippen molar-refractivity contribution in [2.75, 3.05) is 12.4 Å². The topological polar surface area (TPSA) is 65.0 Å². The highest BCUT2D eigenvalue weighted by molar-refractivity contribution is 7.99. The molecule has 0 aliphatic carbocycles. The number of carbonyl (C=O) groups excluding carboxylic acids is 1. The Hall–Kier alpha value is -3.51. The molecule has 0 spiro atoms. The van der Waals surface area contributed by atoms with E-state index in [4.69, 9.17) is 9.72 Å². The Kier molecular flexibility index (Phi) is 6.47. The maximum absolute atomic E-state index is 12.0. The van der Waals surface area contributed by atoms with E-state index < -0.39 is 0 Å². The van der Waals surface area contributed by atoms with Gasteiger partial charge in [0.05, 0.1) is 5.56 Å². The first kappa shape index (κ1) is 19.8. The number of rotatable bonds is 7. The molecule has 30 heavy (non-hydrogen) atoms. The van der Waals surface area contributed by atoms with Crippen LogP contribution < -0.4 is 0 Å². The lowest BCUT2D eigenvalue weighted by atomic mass is 10.0. The molecule has 0 aliphatic heterocycles. The molecule has 4 rings (SSSR count). The highest BCUT2D eigenvalue weighted by Crippen LogP contribution is 2.29. The highest BCUT2D eigenvalue weighted by atomic mass is 32.2. The minimum atomic E-state index is -0.334. The van der Waals surface area contributed by atoms with E-state index in [9.17, 15) is 4.79 Å². The van der Waals surface area contributed by atoms with E-state index in [0.717, 1.165) is 22.5 Å². The van der Waals surface area contributed by atoms with Gasteiger partial charge in [0.2, 0.25) is 5.16 Å². The summed E-state index contributed by atoms with van der Waals surface area (Å²) in [6.07, 6.45) is 0. The van der Waals surface area contributed by atoms with Gasteiger partial charge >= 0.3 is 5.97 Å². The van der Waals surface area contributed by atoms with Crippen molar-refractivity contribution in [3.63, 3.8) is 0 Å². The van der Waals surface area contributed by atoms with Gasteiger partial charge in [-0.15, -0.1) is 10.2 Å². The molecule has 0 bridgehead atoms. The van der Waals surface area contributed by atoms with Crippen molar-refractivity contribution in [3.05, 3.63) is 96.6 Å². The van der Waals surface area contributed by atoms with Crippen LogP contribution in [0.25, 0.3) is 22.5 Å². The van der Waals surface area contributed by atoms with Gasteiger partial charge in [0.25, 0.3) is 0 Å². The minimum absolute atomic E-state index is 0.267. The van der Waals surface area contributed by atoms with Crippen LogP contribution in [-0.2, 0) is 4.74 Å². The smallest absolute Gasteiger partial charge is 0.338 e. The third-order valence-corrected chi connectivity index (χ3v) is 5.12. The predicted octanol–water partition coefficient (Wildman–Crippen LogP) is 5.15. The van der Waals surface area contributed by atoms with Crippen LogP contribution in [0, 0.1) is 0 Å². The van der Waals surface area contributed by atoms with Crippen molar-refractivity contribution in [1.82, 2.24) is 15.2 Å². The highest BCUT2D eigenvalue weighted by Gasteiger charge is 2.14. The molecule has 3 aromatic carbocycles. The molecular formula is C24H19N3O2S. The summed E-state index contributed by atoms with van der Waals surface area (Å²) in [4.78, 5) is 16.8. The van der Waals surface area contributed by atoms with Crippen LogP contribution >= 0.6 is 11.8 Å². The molecule has 0 fully saturated rings. The molecule has 0 saturated heterocycles. The van der Waals surface area contributed by atoms with E-state index in [2.05, 4.69) is 10.2 Å². The zero-order valence-electron chi connectivity index (χ0n) is 16.1. The fourth-order valence-corrected chi connectivity index (χ4v) is 3.49. The molecule has 0 amide bonds. The Labute approximate surface area is 179 Å². The van der Waals surface area contributed by atoms with Crippen LogP contribution in [0.2, 0.25) is 0 Å². The summed E-state index contributed by atoms with van der Waals surface area (Å²) < 4.78 is 5.32. The molecule has 0 radical (unpaired) electrons. The third kappa shape index (κ3) is 4.90. The summed E-state index contributed by atoms with van der Waals surface area (Å²) in [6.45, 7) is 0.267. The van der Waals surface area contributed by atoms with Gasteiger partial charge in [-0.1, -0.05) is 90.6 Å². The van der Waals surface area contributed by atoms with Gasteiger partial charge in [0, 0.05) is 16.9 Å². The maximum Gasteiger partial charge on any atom is 0.338 e. The third-order valence-electron chi connectivity index (χ3n) is 4.32. The van der Waals surface area contributed by atoms with Crippen LogP contribution in [0.3, 0.4) is 0 Å². The van der Waals surface area contributed by atoms with Gasteiger partial charge in [-0.05, 0) is 12.1 Å². The van der Waals surface area contributed by atoms with E-state index in [0.29, 0.717) is 16.5 Å². The zero-order valence-corrected chi connectivity index (χ0v) is 17.0. The molecule has 0 saturated carbocycles. The first-order valence-corrected chi connectivity index (χ1v) is 10.5. The van der Waals surface area contributed by atoms with Crippen LogP contribution in [-0.4, -0.2) is 33.5 Å². The Morgan fingerprint density at radius 1 is 0.733 bits per heavy atom. The number of ether oxygens (including phenoxy) is 1. The van der Waals surface area contributed by atoms with E-state index in [-0.39, 0.29) is 12.6 Å². The van der Waals surface area contributed by atoms with Gasteiger partial charge < -0.3 is 4.74 Å². The van der Waals surface area contributed by atoms with Crippen molar-refractivity contribution in [3.8, 4) is 22.5 Å². The average molecular weight is 414 g/mol. The number of aromatic nitrogens is 3. The summed E-state index contributed by atoms with van der Waals surface area (Å²) in [5.41, 5.74) is 3.99. The lowest BCUT2D eigenvalue weighted by Gasteiger charge is -2.09. The second-order valence-electron chi connectivity index (χ2n) is 6.37. The second kappa shape index (κ2) is 9.80. The van der Waals surface area contributed by atoms with Crippen molar-refractivity contribution in [2.24, 2.45) is 0 Å². The van der Waals surface area contributed by atoms with E-state index in [1.807, 2.05) is 78.9 Å². The molecule has 1 heterocycles. The SMILES string of the molecule is O=C(OCCSc1nnc(-c2ccccc2)c(-c2ccccc2)n1)c1ccccc1. The second-order valence-corrected chi connectivity index (χ2v) is 7.44. The van der Waals surface area contributed by atoms with Gasteiger partial charge in [-0.2, -0.15) is 0 Å². The number of esters is 1. The lowest BCUT2D eigenvalue weighted by molar-refractivity contribution is 0.0530. The summed E-state index contributed by atoms with van der Waals surface area (Å²) in [7, 11) is 0. The van der Waals surface area contributed by atoms with E-state index in [1.165, 1.54) is 11.8 Å². The van der Waals surface area contributed by atoms with Crippen LogP contribution in [0.15, 0.2) is 96.2 Å². The number of carbonyl (C=O) groups is 1. The molecule has 0 unspecified atom stereocenters. The molecule has 0 atom stereocenters. The number of nitrogens with zero attached hydrogens (tertiary/aromatic N) is 3. The van der Waals surface area contributed by atoms with Gasteiger partial charge in [0.15, 0.2) is 0 Å².